The Balaban J connectivity index is 2.23. The van der Waals surface area contributed by atoms with Crippen LogP contribution in [0.2, 0.25) is 0 Å². The number of nitrogens with two attached hydrogens (primary N) is 1. The van der Waals surface area contributed by atoms with Gasteiger partial charge in [0.1, 0.15) is 37.7 Å². The molecule has 0 saturated carbocycles. The van der Waals surface area contributed by atoms with E-state index in [2.05, 4.69) is 21.3 Å². The zero-order valence-corrected chi connectivity index (χ0v) is 42.8. The molecular formula is C50H73N5O21. The van der Waals surface area contributed by atoms with Crippen molar-refractivity contribution in [1.29, 1.82) is 0 Å². The molecule has 424 valence electrons. The largest absolute Gasteiger partial charge is 0.481 e. The number of carbonyl (C=O) groups excluding carboxylic acids is 9. The zero-order chi connectivity index (χ0) is 56.8. The first-order valence-corrected chi connectivity index (χ1v) is 24.9. The van der Waals surface area contributed by atoms with E-state index in [9.17, 15) is 77.6 Å². The van der Waals surface area contributed by atoms with Crippen molar-refractivity contribution in [2.75, 3.05) is 65.9 Å². The van der Waals surface area contributed by atoms with E-state index < -0.39 is 121 Å². The maximum Gasteiger partial charge on any atom is 0.372 e. The predicted octanol–water partition coefficient (Wildman–Crippen LogP) is 0.451. The van der Waals surface area contributed by atoms with Gasteiger partial charge in [0.15, 0.2) is 11.6 Å². The lowest BCUT2D eigenvalue weighted by atomic mass is 9.94. The fourth-order valence-corrected chi connectivity index (χ4v) is 6.97. The van der Waals surface area contributed by atoms with Gasteiger partial charge in [0.2, 0.25) is 29.4 Å². The molecule has 0 fully saturated rings. The minimum absolute atomic E-state index is 0.00334. The second-order valence-electron chi connectivity index (χ2n) is 17.7. The third kappa shape index (κ3) is 33.0. The second-order valence-corrected chi connectivity index (χ2v) is 17.7. The molecule has 0 aliphatic heterocycles. The molecule has 5 amide bonds. The van der Waals surface area contributed by atoms with Gasteiger partial charge in [-0.2, -0.15) is 0 Å². The number of aliphatic carboxylic acids is 4. The number of carbonyl (C=O) groups is 13. The van der Waals surface area contributed by atoms with Crippen LogP contribution in [0, 0.1) is 18.8 Å². The molecule has 1 aromatic rings. The van der Waals surface area contributed by atoms with Crippen molar-refractivity contribution in [3.05, 3.63) is 35.4 Å². The second kappa shape index (κ2) is 39.4. The van der Waals surface area contributed by atoms with Crippen LogP contribution >= 0.6 is 0 Å². The number of primary amides is 1. The Hall–Kier alpha value is -7.03. The topological polar surface area (TPSA) is 414 Å². The molecule has 4 atom stereocenters. The van der Waals surface area contributed by atoms with Gasteiger partial charge < -0.3 is 66.4 Å². The molecular weight excluding hydrogens is 1010 g/mol. The highest BCUT2D eigenvalue weighted by Crippen LogP contribution is 2.16. The highest BCUT2D eigenvalue weighted by Gasteiger charge is 2.26. The molecule has 0 aliphatic carbocycles. The van der Waals surface area contributed by atoms with E-state index in [0.717, 1.165) is 5.56 Å². The van der Waals surface area contributed by atoms with Crippen molar-refractivity contribution >= 4 is 76.5 Å². The van der Waals surface area contributed by atoms with Crippen LogP contribution in [0.15, 0.2) is 24.3 Å². The first-order chi connectivity index (χ1) is 36.1. The van der Waals surface area contributed by atoms with Crippen LogP contribution in [0.5, 0.6) is 0 Å². The third-order valence-electron chi connectivity index (χ3n) is 11.3. The molecule has 76 heavy (non-hydrogen) atoms. The molecule has 0 spiro atoms. The van der Waals surface area contributed by atoms with E-state index in [1.165, 1.54) is 0 Å². The van der Waals surface area contributed by atoms with E-state index in [1.807, 2.05) is 19.1 Å². The first kappa shape index (κ1) is 67.0. The number of hydrogen-bond donors (Lipinski definition) is 9. The van der Waals surface area contributed by atoms with Gasteiger partial charge in [0.25, 0.3) is 5.91 Å². The van der Waals surface area contributed by atoms with Crippen LogP contribution in [0.3, 0.4) is 0 Å². The van der Waals surface area contributed by atoms with Crippen molar-refractivity contribution in [2.24, 2.45) is 17.6 Å². The van der Waals surface area contributed by atoms with E-state index in [4.69, 9.17) is 29.8 Å². The normalized spacial score (nSPS) is 12.5. The van der Waals surface area contributed by atoms with Crippen LogP contribution in [-0.2, 0) is 76.5 Å². The summed E-state index contributed by atoms with van der Waals surface area (Å²) in [4.78, 5) is 155. The molecule has 10 N–H and O–H groups in total. The van der Waals surface area contributed by atoms with Crippen LogP contribution < -0.4 is 27.0 Å². The monoisotopic (exact) mass is 1080 g/mol. The number of ether oxygens (including phenoxy) is 4. The summed E-state index contributed by atoms with van der Waals surface area (Å²) in [6, 6.07) is 4.63. The quantitative estimate of drug-likeness (QED) is 0.0316. The number of aryl methyl sites for hydroxylation is 1. The highest BCUT2D eigenvalue weighted by molar-refractivity contribution is 6.32. The van der Waals surface area contributed by atoms with E-state index in [0.29, 0.717) is 44.2 Å². The Kier molecular flexibility index (Phi) is 34.7. The number of carboxylic acids is 4. The van der Waals surface area contributed by atoms with Gasteiger partial charge in [-0.25, -0.2) is 9.59 Å². The molecule has 0 saturated heterocycles. The smallest absolute Gasteiger partial charge is 0.372 e. The summed E-state index contributed by atoms with van der Waals surface area (Å²) in [6.07, 6.45) is -0.153. The van der Waals surface area contributed by atoms with E-state index in [1.54, 1.807) is 12.1 Å². The number of carboxylic acid groups (broad SMARTS) is 4. The number of ketones is 4. The van der Waals surface area contributed by atoms with Crippen molar-refractivity contribution in [3.63, 3.8) is 0 Å². The molecule has 26 nitrogen and oxygen atoms in total. The first-order valence-electron chi connectivity index (χ1n) is 24.9. The summed E-state index contributed by atoms with van der Waals surface area (Å²) in [5.74, 6) is -13.2. The Morgan fingerprint density at radius 3 is 1.63 bits per heavy atom. The standard InChI is InChI=1S/C50H73N5O21/c1-32-10-12-33(13-11-32)46(64)53-20-6-5-8-39(45(51)63)54-44(62)31-76-26-25-74-29-37(57)16-17-40(49(69)70)55-43(61)19-15-35(48(67)68)28-38(58)30-75-24-23-73-22-21-52-42(60)18-14-34(47(65)66)27-36(56)7-3-2-4-9-41(59)50(71)72/h10-13,34-35,39-40H,2-9,14-31H2,1H3,(H2,51,63)(H,52,60)(H,53,64)(H,54,62)(H,55,61)(H,65,66)(H,67,68)(H,69,70)(H,71,72). The molecule has 0 radical (unpaired) electrons. The molecule has 26 heteroatoms. The zero-order valence-electron chi connectivity index (χ0n) is 42.8. The summed E-state index contributed by atoms with van der Waals surface area (Å²) in [6.45, 7) is 0.725. The number of hydrogen-bond acceptors (Lipinski definition) is 17. The SMILES string of the molecule is Cc1ccc(C(=O)NCCCCC(NC(=O)COCCOCC(=O)CCC(NC(=O)CCC(CC(=O)COCCOCCNC(=O)CCC(CC(=O)CCCCCC(=O)C(=O)O)C(=O)O)C(=O)O)C(=O)O)C(N)=O)cc1. The highest BCUT2D eigenvalue weighted by atomic mass is 16.5. The Bertz CT molecular complexity index is 2100. The van der Waals surface area contributed by atoms with Gasteiger partial charge in [-0.1, -0.05) is 24.1 Å². The maximum atomic E-state index is 12.6. The molecule has 1 aromatic carbocycles. The lowest BCUT2D eigenvalue weighted by molar-refractivity contribution is -0.149. The molecule has 0 bridgehead atoms. The van der Waals surface area contributed by atoms with Gasteiger partial charge in [-0.05, 0) is 70.4 Å². The van der Waals surface area contributed by atoms with Gasteiger partial charge in [0, 0.05) is 63.6 Å². The molecule has 1 rings (SSSR count). The maximum absolute atomic E-state index is 12.6. The van der Waals surface area contributed by atoms with Crippen LogP contribution in [0.25, 0.3) is 0 Å². The number of nitrogens with one attached hydrogen (secondary N) is 4. The van der Waals surface area contributed by atoms with E-state index in [-0.39, 0.29) is 109 Å². The van der Waals surface area contributed by atoms with Gasteiger partial charge in [0.05, 0.1) is 44.9 Å². The lowest BCUT2D eigenvalue weighted by Gasteiger charge is -2.16. The Morgan fingerprint density at radius 2 is 1.04 bits per heavy atom. The predicted molar refractivity (Wildman–Crippen MR) is 264 cm³/mol. The molecule has 0 aliphatic rings. The number of amides is 5. The van der Waals surface area contributed by atoms with Crippen molar-refractivity contribution in [1.82, 2.24) is 21.3 Å². The molecule has 4 unspecified atom stereocenters. The third-order valence-corrected chi connectivity index (χ3v) is 11.3. The molecule has 0 aromatic heterocycles. The van der Waals surface area contributed by atoms with Gasteiger partial charge in [-0.15, -0.1) is 0 Å². The number of rotatable bonds is 47. The minimum atomic E-state index is -1.52. The average molecular weight is 1080 g/mol. The minimum Gasteiger partial charge on any atom is -0.481 e. The van der Waals surface area contributed by atoms with Gasteiger partial charge >= 0.3 is 23.9 Å². The number of Topliss-reactive ketones (excluding diaryl/α,β-unsaturated/α-hetero) is 4. The lowest BCUT2D eigenvalue weighted by Crippen LogP contribution is -2.45. The van der Waals surface area contributed by atoms with Crippen LogP contribution in [0.4, 0.5) is 0 Å². The summed E-state index contributed by atoms with van der Waals surface area (Å²) >= 11 is 0. The number of benzene rings is 1. The summed E-state index contributed by atoms with van der Waals surface area (Å²) < 4.78 is 21.0. The molecule has 0 heterocycles. The van der Waals surface area contributed by atoms with Crippen LogP contribution in [-0.4, -0.2) is 175 Å². The summed E-state index contributed by atoms with van der Waals surface area (Å²) in [5.41, 5.74) is 6.97. The summed E-state index contributed by atoms with van der Waals surface area (Å²) in [5, 5.41) is 47.3. The number of unbranched alkanes of at least 4 members (excludes halogenated alkanes) is 3. The van der Waals surface area contributed by atoms with E-state index >= 15 is 0 Å². The average Bonchev–Trinajstić information content (AvgIpc) is 3.36. The van der Waals surface area contributed by atoms with Gasteiger partial charge in [-0.3, -0.25) is 52.7 Å². The van der Waals surface area contributed by atoms with Crippen molar-refractivity contribution < 1.29 is 102 Å². The summed E-state index contributed by atoms with van der Waals surface area (Å²) in [7, 11) is 0. The van der Waals surface area contributed by atoms with Crippen molar-refractivity contribution in [2.45, 2.75) is 122 Å². The fraction of sp³-hybridized carbons (Fsp3) is 0.620. The Labute approximate surface area is 439 Å². The van der Waals surface area contributed by atoms with Crippen molar-refractivity contribution in [3.8, 4) is 0 Å². The van der Waals surface area contributed by atoms with Crippen LogP contribution in [0.1, 0.15) is 119 Å². The fourth-order valence-electron chi connectivity index (χ4n) is 6.97. The Morgan fingerprint density at radius 1 is 0.487 bits per heavy atom.